The molecule has 1 saturated carbocycles. The minimum absolute atomic E-state index is 0.0113. The van der Waals surface area contributed by atoms with Gasteiger partial charge in [-0.05, 0) is 24.8 Å². The second-order valence-electron chi connectivity index (χ2n) is 5.20. The zero-order valence-electron chi connectivity index (χ0n) is 11.8. The van der Waals surface area contributed by atoms with Crippen molar-refractivity contribution < 1.29 is 4.79 Å². The lowest BCUT2D eigenvalue weighted by atomic mass is 9.83. The molecule has 4 heteroatoms. The standard InChI is InChI=1S/C15H23N3O/c1-3-11-6-4-5-7-13(11)18-15(19)12-10-17-9-8-14(12)16-2/h8-11,13H,3-7H2,1-2H3,(H,16,17)(H,18,19). The summed E-state index contributed by atoms with van der Waals surface area (Å²) in [5.74, 6) is 0.607. The topological polar surface area (TPSA) is 54.0 Å². The van der Waals surface area contributed by atoms with Gasteiger partial charge in [-0.25, -0.2) is 0 Å². The van der Waals surface area contributed by atoms with Gasteiger partial charge in [0.15, 0.2) is 0 Å². The van der Waals surface area contributed by atoms with Crippen molar-refractivity contribution >= 4 is 11.6 Å². The van der Waals surface area contributed by atoms with Gasteiger partial charge in [-0.2, -0.15) is 0 Å². The SMILES string of the molecule is CCC1CCCCC1NC(=O)c1cnccc1NC. The number of hydrogen-bond donors (Lipinski definition) is 2. The van der Waals surface area contributed by atoms with Gasteiger partial charge < -0.3 is 10.6 Å². The Labute approximate surface area is 115 Å². The van der Waals surface area contributed by atoms with Crippen LogP contribution in [0.3, 0.4) is 0 Å². The number of amides is 1. The van der Waals surface area contributed by atoms with Crippen LogP contribution in [0.25, 0.3) is 0 Å². The molecule has 1 aliphatic carbocycles. The average Bonchev–Trinajstić information content (AvgIpc) is 2.47. The van der Waals surface area contributed by atoms with E-state index in [1.807, 2.05) is 13.1 Å². The number of nitrogens with one attached hydrogen (secondary N) is 2. The molecule has 4 nitrogen and oxygen atoms in total. The molecule has 0 spiro atoms. The molecular weight excluding hydrogens is 238 g/mol. The van der Waals surface area contributed by atoms with Crippen molar-refractivity contribution in [2.24, 2.45) is 5.92 Å². The van der Waals surface area contributed by atoms with Crippen molar-refractivity contribution in [1.82, 2.24) is 10.3 Å². The highest BCUT2D eigenvalue weighted by Gasteiger charge is 2.25. The van der Waals surface area contributed by atoms with Gasteiger partial charge in [0.1, 0.15) is 0 Å². The maximum atomic E-state index is 12.4. The minimum atomic E-state index is -0.0113. The molecule has 1 heterocycles. The normalized spacial score (nSPS) is 22.8. The lowest BCUT2D eigenvalue weighted by Gasteiger charge is -2.31. The highest BCUT2D eigenvalue weighted by Crippen LogP contribution is 2.27. The van der Waals surface area contributed by atoms with E-state index in [0.717, 1.165) is 18.5 Å². The summed E-state index contributed by atoms with van der Waals surface area (Å²) in [5.41, 5.74) is 1.46. The summed E-state index contributed by atoms with van der Waals surface area (Å²) in [4.78, 5) is 16.4. The Morgan fingerprint density at radius 3 is 2.95 bits per heavy atom. The lowest BCUT2D eigenvalue weighted by molar-refractivity contribution is 0.0905. The Hall–Kier alpha value is -1.58. The summed E-state index contributed by atoms with van der Waals surface area (Å²) in [6.07, 6.45) is 9.29. The van der Waals surface area contributed by atoms with Crippen molar-refractivity contribution in [1.29, 1.82) is 0 Å². The Morgan fingerprint density at radius 1 is 1.42 bits per heavy atom. The van der Waals surface area contributed by atoms with Crippen LogP contribution in [-0.4, -0.2) is 24.0 Å². The van der Waals surface area contributed by atoms with Crippen LogP contribution in [0.15, 0.2) is 18.5 Å². The number of carbonyl (C=O) groups is 1. The van der Waals surface area contributed by atoms with Crippen molar-refractivity contribution in [2.45, 2.75) is 45.1 Å². The van der Waals surface area contributed by atoms with Crippen LogP contribution >= 0.6 is 0 Å². The molecule has 1 aliphatic rings. The molecule has 1 aromatic heterocycles. The fourth-order valence-corrected chi connectivity index (χ4v) is 2.93. The molecule has 2 unspecified atom stereocenters. The van der Waals surface area contributed by atoms with Gasteiger partial charge in [0.25, 0.3) is 5.91 Å². The molecule has 1 aromatic rings. The van der Waals surface area contributed by atoms with Crippen LogP contribution in [0, 0.1) is 5.92 Å². The first-order valence-corrected chi connectivity index (χ1v) is 7.19. The second kappa shape index (κ2) is 6.55. The Kier molecular flexibility index (Phi) is 4.77. The molecule has 2 rings (SSSR count). The number of anilines is 1. The third-order valence-corrected chi connectivity index (χ3v) is 4.08. The van der Waals surface area contributed by atoms with Gasteiger partial charge in [0.05, 0.1) is 5.56 Å². The quantitative estimate of drug-likeness (QED) is 0.876. The van der Waals surface area contributed by atoms with E-state index in [1.165, 1.54) is 19.3 Å². The highest BCUT2D eigenvalue weighted by molar-refractivity contribution is 5.99. The number of aromatic nitrogens is 1. The molecule has 2 N–H and O–H groups in total. The molecule has 0 bridgehead atoms. The summed E-state index contributed by atoms with van der Waals surface area (Å²) in [5, 5.41) is 6.23. The van der Waals surface area contributed by atoms with E-state index >= 15 is 0 Å². The van der Waals surface area contributed by atoms with Gasteiger partial charge in [-0.15, -0.1) is 0 Å². The minimum Gasteiger partial charge on any atom is -0.387 e. The van der Waals surface area contributed by atoms with Gasteiger partial charge in [0.2, 0.25) is 0 Å². The van der Waals surface area contributed by atoms with Crippen molar-refractivity contribution in [3.63, 3.8) is 0 Å². The van der Waals surface area contributed by atoms with E-state index in [4.69, 9.17) is 0 Å². The molecule has 0 aliphatic heterocycles. The monoisotopic (exact) mass is 261 g/mol. The number of nitrogens with zero attached hydrogens (tertiary/aromatic N) is 1. The van der Waals surface area contributed by atoms with Crippen molar-refractivity contribution in [2.75, 3.05) is 12.4 Å². The number of hydrogen-bond acceptors (Lipinski definition) is 3. The maximum absolute atomic E-state index is 12.4. The number of carbonyl (C=O) groups excluding carboxylic acids is 1. The molecule has 0 aromatic carbocycles. The molecular formula is C15H23N3O. The van der Waals surface area contributed by atoms with E-state index in [0.29, 0.717) is 17.5 Å². The largest absolute Gasteiger partial charge is 0.387 e. The average molecular weight is 261 g/mol. The summed E-state index contributed by atoms with van der Waals surface area (Å²) in [6, 6.07) is 2.14. The number of rotatable bonds is 4. The van der Waals surface area contributed by atoms with E-state index < -0.39 is 0 Å². The summed E-state index contributed by atoms with van der Waals surface area (Å²) >= 11 is 0. The smallest absolute Gasteiger partial charge is 0.255 e. The number of pyridine rings is 1. The predicted octanol–water partition coefficient (Wildman–Crippen LogP) is 2.82. The van der Waals surface area contributed by atoms with Crippen LogP contribution < -0.4 is 10.6 Å². The van der Waals surface area contributed by atoms with Crippen LogP contribution in [0.5, 0.6) is 0 Å². The summed E-state index contributed by atoms with van der Waals surface area (Å²) in [6.45, 7) is 2.21. The van der Waals surface area contributed by atoms with Gasteiger partial charge in [-0.1, -0.05) is 26.2 Å². The third kappa shape index (κ3) is 3.25. The van der Waals surface area contributed by atoms with Crippen molar-refractivity contribution in [3.05, 3.63) is 24.0 Å². The first-order valence-electron chi connectivity index (χ1n) is 7.19. The Bertz CT molecular complexity index is 433. The highest BCUT2D eigenvalue weighted by atomic mass is 16.1. The first kappa shape index (κ1) is 13.8. The van der Waals surface area contributed by atoms with Crippen molar-refractivity contribution in [3.8, 4) is 0 Å². The zero-order chi connectivity index (χ0) is 13.7. The van der Waals surface area contributed by atoms with Crippen LogP contribution in [-0.2, 0) is 0 Å². The van der Waals surface area contributed by atoms with Crippen LogP contribution in [0.1, 0.15) is 49.4 Å². The molecule has 1 fully saturated rings. The van der Waals surface area contributed by atoms with E-state index in [1.54, 1.807) is 12.4 Å². The molecule has 1 amide bonds. The fourth-order valence-electron chi connectivity index (χ4n) is 2.93. The Morgan fingerprint density at radius 2 is 2.21 bits per heavy atom. The second-order valence-corrected chi connectivity index (χ2v) is 5.20. The summed E-state index contributed by atoms with van der Waals surface area (Å²) < 4.78 is 0. The maximum Gasteiger partial charge on any atom is 0.255 e. The molecule has 19 heavy (non-hydrogen) atoms. The lowest BCUT2D eigenvalue weighted by Crippen LogP contribution is -2.42. The molecule has 2 atom stereocenters. The molecule has 104 valence electrons. The van der Waals surface area contributed by atoms with Gasteiger partial charge in [-0.3, -0.25) is 9.78 Å². The fraction of sp³-hybridized carbons (Fsp3) is 0.600. The van der Waals surface area contributed by atoms with E-state index in [9.17, 15) is 4.79 Å². The summed E-state index contributed by atoms with van der Waals surface area (Å²) in [7, 11) is 1.82. The van der Waals surface area contributed by atoms with E-state index in [-0.39, 0.29) is 5.91 Å². The van der Waals surface area contributed by atoms with Crippen LogP contribution in [0.2, 0.25) is 0 Å². The van der Waals surface area contributed by atoms with Gasteiger partial charge >= 0.3 is 0 Å². The van der Waals surface area contributed by atoms with Gasteiger partial charge in [0, 0.05) is 31.2 Å². The van der Waals surface area contributed by atoms with E-state index in [2.05, 4.69) is 22.5 Å². The molecule has 0 saturated heterocycles. The first-order chi connectivity index (χ1) is 9.26. The predicted molar refractivity (Wildman–Crippen MR) is 77.3 cm³/mol. The van der Waals surface area contributed by atoms with Crippen LogP contribution in [0.4, 0.5) is 5.69 Å². The zero-order valence-corrected chi connectivity index (χ0v) is 11.8. The third-order valence-electron chi connectivity index (χ3n) is 4.08. The Balaban J connectivity index is 2.07. The molecule has 0 radical (unpaired) electrons.